The van der Waals surface area contributed by atoms with Crippen molar-refractivity contribution < 1.29 is 4.42 Å². The Kier molecular flexibility index (Phi) is 7.42. The first-order chi connectivity index (χ1) is 27.7. The zero-order valence-electron chi connectivity index (χ0n) is 30.2. The molecule has 0 amide bonds. The van der Waals surface area contributed by atoms with Crippen molar-refractivity contribution in [3.63, 3.8) is 0 Å². The van der Waals surface area contributed by atoms with Gasteiger partial charge in [-0.25, -0.2) is 15.0 Å². The summed E-state index contributed by atoms with van der Waals surface area (Å²) >= 11 is 0. The highest BCUT2D eigenvalue weighted by Gasteiger charge is 2.18. The Balaban J connectivity index is 1.04. The molecule has 0 aliphatic heterocycles. The van der Waals surface area contributed by atoms with Gasteiger partial charge in [-0.3, -0.25) is 0 Å². The van der Waals surface area contributed by atoms with Crippen LogP contribution in [0.25, 0.3) is 106 Å². The summed E-state index contributed by atoms with van der Waals surface area (Å²) in [7, 11) is 0. The van der Waals surface area contributed by atoms with Crippen LogP contribution >= 0.6 is 0 Å². The monoisotopic (exact) mass is 716 g/mol. The fourth-order valence-corrected chi connectivity index (χ4v) is 7.95. The second-order valence-electron chi connectivity index (χ2n) is 14.0. The van der Waals surface area contributed by atoms with Crippen molar-refractivity contribution in [2.45, 2.75) is 0 Å². The average molecular weight is 717 g/mol. The molecule has 0 radical (unpaired) electrons. The number of rotatable bonds is 6. The summed E-state index contributed by atoms with van der Waals surface area (Å²) in [5.74, 6) is 1.85. The van der Waals surface area contributed by atoms with Crippen molar-refractivity contribution in [1.29, 1.82) is 0 Å². The van der Waals surface area contributed by atoms with Crippen molar-refractivity contribution in [3.8, 4) is 62.1 Å². The van der Waals surface area contributed by atoms with Gasteiger partial charge >= 0.3 is 0 Å². The van der Waals surface area contributed by atoms with Gasteiger partial charge in [0.2, 0.25) is 0 Å². The first-order valence-electron chi connectivity index (χ1n) is 18.8. The van der Waals surface area contributed by atoms with E-state index in [1.54, 1.807) is 0 Å². The van der Waals surface area contributed by atoms with E-state index in [0.717, 1.165) is 61.0 Å². The van der Waals surface area contributed by atoms with Crippen LogP contribution in [-0.4, -0.2) is 19.5 Å². The zero-order valence-corrected chi connectivity index (χ0v) is 30.2. The molecule has 0 aliphatic rings. The minimum absolute atomic E-state index is 0.593. The summed E-state index contributed by atoms with van der Waals surface area (Å²) in [6.07, 6.45) is 0. The molecule has 0 unspecified atom stereocenters. The van der Waals surface area contributed by atoms with Gasteiger partial charge in [-0.2, -0.15) is 0 Å². The quantitative estimate of drug-likeness (QED) is 0.172. The maximum atomic E-state index is 6.79. The highest BCUT2D eigenvalue weighted by molar-refractivity contribution is 6.13. The van der Waals surface area contributed by atoms with Crippen molar-refractivity contribution >= 4 is 43.7 Å². The van der Waals surface area contributed by atoms with Crippen LogP contribution in [0.4, 0.5) is 0 Å². The van der Waals surface area contributed by atoms with Gasteiger partial charge in [0.15, 0.2) is 17.5 Å². The molecule has 0 spiro atoms. The van der Waals surface area contributed by atoms with Crippen LogP contribution in [0.1, 0.15) is 0 Å². The standard InChI is InChI=1S/C51H32N4O/c1-4-13-33(14-5-1)34-23-27-39(28-24-34)55-45-22-11-10-19-41(45)42-29-25-37(31-46(42)55)40-20-12-21-44-43-30-26-38(32-47(43)56-48(40)44)51-53-49(35-15-6-2-7-16-35)52-50(54-51)36-17-8-3-9-18-36/h1-32H. The number of nitrogens with zero attached hydrogens (tertiary/aromatic N) is 4. The van der Waals surface area contributed by atoms with Crippen molar-refractivity contribution in [3.05, 3.63) is 194 Å². The van der Waals surface area contributed by atoms with Gasteiger partial charge in [0, 0.05) is 49.5 Å². The minimum Gasteiger partial charge on any atom is -0.455 e. The Morgan fingerprint density at radius 3 is 1.55 bits per heavy atom. The van der Waals surface area contributed by atoms with E-state index in [4.69, 9.17) is 19.4 Å². The fourth-order valence-electron chi connectivity index (χ4n) is 7.95. The first-order valence-corrected chi connectivity index (χ1v) is 18.8. The van der Waals surface area contributed by atoms with E-state index in [1.807, 2.05) is 60.7 Å². The lowest BCUT2D eigenvalue weighted by molar-refractivity contribution is 0.670. The summed E-state index contributed by atoms with van der Waals surface area (Å²) in [6.45, 7) is 0. The van der Waals surface area contributed by atoms with Gasteiger partial charge in [-0.05, 0) is 53.1 Å². The molecule has 0 aliphatic carbocycles. The smallest absolute Gasteiger partial charge is 0.164 e. The van der Waals surface area contributed by atoms with E-state index in [1.165, 1.54) is 27.4 Å². The van der Waals surface area contributed by atoms with Crippen LogP contribution in [-0.2, 0) is 0 Å². The maximum absolute atomic E-state index is 6.79. The van der Waals surface area contributed by atoms with Gasteiger partial charge in [0.25, 0.3) is 0 Å². The lowest BCUT2D eigenvalue weighted by Gasteiger charge is -2.10. The number of aromatic nitrogens is 4. The normalized spacial score (nSPS) is 11.6. The fraction of sp³-hybridized carbons (Fsp3) is 0. The Labute approximate surface area is 322 Å². The molecule has 56 heavy (non-hydrogen) atoms. The van der Waals surface area contributed by atoms with Gasteiger partial charge in [-0.15, -0.1) is 0 Å². The third kappa shape index (κ3) is 5.37. The third-order valence-electron chi connectivity index (χ3n) is 10.7. The van der Waals surface area contributed by atoms with E-state index >= 15 is 0 Å². The largest absolute Gasteiger partial charge is 0.455 e. The zero-order chi connectivity index (χ0) is 37.0. The SMILES string of the molecule is c1ccc(-c2ccc(-n3c4ccccc4c4ccc(-c5cccc6c5oc5cc(-c7nc(-c8ccccc8)nc(-c8ccccc8)n7)ccc56)cc43)cc2)cc1. The van der Waals surface area contributed by atoms with Crippen LogP contribution in [0, 0.1) is 0 Å². The molecule has 3 aromatic heterocycles. The minimum atomic E-state index is 0.593. The van der Waals surface area contributed by atoms with Gasteiger partial charge in [-0.1, -0.05) is 158 Å². The van der Waals surface area contributed by atoms with Crippen molar-refractivity contribution in [2.75, 3.05) is 0 Å². The van der Waals surface area contributed by atoms with Gasteiger partial charge in [0.1, 0.15) is 11.2 Å². The van der Waals surface area contributed by atoms with E-state index in [2.05, 4.69) is 138 Å². The molecule has 262 valence electrons. The molecule has 8 aromatic carbocycles. The number of hydrogen-bond acceptors (Lipinski definition) is 4. The molecule has 5 nitrogen and oxygen atoms in total. The molecule has 0 saturated carbocycles. The van der Waals surface area contributed by atoms with E-state index in [0.29, 0.717) is 17.5 Å². The maximum Gasteiger partial charge on any atom is 0.164 e. The predicted octanol–water partition coefficient (Wildman–Crippen LogP) is 13.2. The van der Waals surface area contributed by atoms with Gasteiger partial charge in [0.05, 0.1) is 11.0 Å². The molecule has 0 saturated heterocycles. The van der Waals surface area contributed by atoms with E-state index < -0.39 is 0 Å². The number of para-hydroxylation sites is 2. The highest BCUT2D eigenvalue weighted by atomic mass is 16.3. The number of hydrogen-bond donors (Lipinski definition) is 0. The highest BCUT2D eigenvalue weighted by Crippen LogP contribution is 2.40. The van der Waals surface area contributed by atoms with Crippen LogP contribution in [0.2, 0.25) is 0 Å². The Bertz CT molecular complexity index is 3160. The summed E-state index contributed by atoms with van der Waals surface area (Å²) < 4.78 is 9.16. The molecular weight excluding hydrogens is 685 g/mol. The summed E-state index contributed by atoms with van der Waals surface area (Å²) in [5, 5.41) is 4.53. The molecule has 3 heterocycles. The van der Waals surface area contributed by atoms with Crippen LogP contribution in [0.5, 0.6) is 0 Å². The Morgan fingerprint density at radius 1 is 0.339 bits per heavy atom. The van der Waals surface area contributed by atoms with Crippen LogP contribution in [0.15, 0.2) is 199 Å². The number of furan rings is 1. The lowest BCUT2D eigenvalue weighted by atomic mass is 10.0. The van der Waals surface area contributed by atoms with E-state index in [-0.39, 0.29) is 0 Å². The molecule has 0 atom stereocenters. The predicted molar refractivity (Wildman–Crippen MR) is 229 cm³/mol. The summed E-state index contributed by atoms with van der Waals surface area (Å²) in [6, 6.07) is 67.5. The van der Waals surface area contributed by atoms with Crippen LogP contribution in [0.3, 0.4) is 0 Å². The number of benzene rings is 8. The van der Waals surface area contributed by atoms with Crippen molar-refractivity contribution in [2.24, 2.45) is 0 Å². The summed E-state index contributed by atoms with van der Waals surface area (Å²) in [5.41, 5.74) is 12.3. The Morgan fingerprint density at radius 2 is 0.857 bits per heavy atom. The number of fused-ring (bicyclic) bond motifs is 6. The molecular formula is C51H32N4O. The van der Waals surface area contributed by atoms with Crippen molar-refractivity contribution in [1.82, 2.24) is 19.5 Å². The molecule has 0 bridgehead atoms. The molecule has 5 heteroatoms. The second-order valence-corrected chi connectivity index (χ2v) is 14.0. The molecule has 0 fully saturated rings. The Hall–Kier alpha value is -7.63. The van der Waals surface area contributed by atoms with Crippen LogP contribution < -0.4 is 0 Å². The van der Waals surface area contributed by atoms with Gasteiger partial charge < -0.3 is 8.98 Å². The van der Waals surface area contributed by atoms with E-state index in [9.17, 15) is 0 Å². The molecule has 11 rings (SSSR count). The molecule has 0 N–H and O–H groups in total. The lowest BCUT2D eigenvalue weighted by Crippen LogP contribution is -2.00. The average Bonchev–Trinajstić information content (AvgIpc) is 3.82. The molecule has 11 aromatic rings. The topological polar surface area (TPSA) is 56.7 Å². The second kappa shape index (κ2) is 13.0. The summed E-state index contributed by atoms with van der Waals surface area (Å²) in [4.78, 5) is 14.8. The third-order valence-corrected chi connectivity index (χ3v) is 10.7. The first kappa shape index (κ1) is 31.9.